The molecule has 5 nitrogen and oxygen atoms in total. The molecule has 0 aromatic carbocycles. The second kappa shape index (κ2) is 4.90. The number of hydrogen-bond donors (Lipinski definition) is 1. The van der Waals surface area contributed by atoms with Crippen molar-refractivity contribution in [3.05, 3.63) is 23.7 Å². The van der Waals surface area contributed by atoms with E-state index in [0.29, 0.717) is 6.54 Å². The summed E-state index contributed by atoms with van der Waals surface area (Å²) < 4.78 is 0. The first-order valence-corrected chi connectivity index (χ1v) is 5.49. The highest BCUT2D eigenvalue weighted by Gasteiger charge is 2.06. The maximum Gasteiger partial charge on any atom is 0.150 e. The van der Waals surface area contributed by atoms with Crippen molar-refractivity contribution in [2.45, 2.75) is 12.8 Å². The van der Waals surface area contributed by atoms with E-state index in [2.05, 4.69) is 20.2 Å². The van der Waals surface area contributed by atoms with Gasteiger partial charge in [-0.3, -0.25) is 0 Å². The van der Waals surface area contributed by atoms with Crippen LogP contribution in [0.2, 0.25) is 0 Å². The summed E-state index contributed by atoms with van der Waals surface area (Å²) in [5.41, 5.74) is 6.34. The van der Waals surface area contributed by atoms with Crippen molar-refractivity contribution in [3.8, 4) is 10.6 Å². The van der Waals surface area contributed by atoms with Crippen LogP contribution in [0.3, 0.4) is 0 Å². The van der Waals surface area contributed by atoms with Gasteiger partial charge in [0.25, 0.3) is 0 Å². The van der Waals surface area contributed by atoms with E-state index in [0.717, 1.165) is 28.4 Å². The second-order valence-electron chi connectivity index (χ2n) is 3.02. The highest BCUT2D eigenvalue weighted by atomic mass is 32.1. The molecule has 0 radical (unpaired) electrons. The molecule has 0 bridgehead atoms. The van der Waals surface area contributed by atoms with Gasteiger partial charge >= 0.3 is 0 Å². The molecule has 0 saturated carbocycles. The van der Waals surface area contributed by atoms with Crippen LogP contribution in [-0.2, 0) is 6.42 Å². The Balaban J connectivity index is 2.14. The molecule has 6 heteroatoms. The third kappa shape index (κ3) is 2.54. The summed E-state index contributed by atoms with van der Waals surface area (Å²) in [6.45, 7) is 0.684. The SMILES string of the molecule is NCCCc1nnc(-c2cncnc2)s1. The summed E-state index contributed by atoms with van der Waals surface area (Å²) in [6.07, 6.45) is 6.81. The fourth-order valence-corrected chi connectivity index (χ4v) is 1.99. The van der Waals surface area contributed by atoms with Crippen LogP contribution in [0.15, 0.2) is 18.7 Å². The number of nitrogens with two attached hydrogens (primary N) is 1. The molecule has 0 aliphatic carbocycles. The molecule has 0 amide bonds. The Labute approximate surface area is 91.4 Å². The Morgan fingerprint density at radius 2 is 2.00 bits per heavy atom. The maximum atomic E-state index is 5.43. The van der Waals surface area contributed by atoms with Gasteiger partial charge in [-0.15, -0.1) is 10.2 Å². The zero-order valence-corrected chi connectivity index (χ0v) is 8.94. The van der Waals surface area contributed by atoms with E-state index in [1.54, 1.807) is 23.7 Å². The lowest BCUT2D eigenvalue weighted by Crippen LogP contribution is -1.99. The van der Waals surface area contributed by atoms with Crippen molar-refractivity contribution in [1.29, 1.82) is 0 Å². The summed E-state index contributed by atoms with van der Waals surface area (Å²) >= 11 is 1.57. The summed E-state index contributed by atoms with van der Waals surface area (Å²) in [5, 5.41) is 10.1. The smallest absolute Gasteiger partial charge is 0.150 e. The standard InChI is InChI=1S/C9H11N5S/c10-3-1-2-8-13-14-9(15-8)7-4-11-6-12-5-7/h4-6H,1-3,10H2. The van der Waals surface area contributed by atoms with Gasteiger partial charge in [-0.1, -0.05) is 11.3 Å². The summed E-state index contributed by atoms with van der Waals surface area (Å²) in [4.78, 5) is 7.88. The van der Waals surface area contributed by atoms with E-state index < -0.39 is 0 Å². The fourth-order valence-electron chi connectivity index (χ4n) is 1.13. The molecular formula is C9H11N5S. The van der Waals surface area contributed by atoms with E-state index in [4.69, 9.17) is 5.73 Å². The molecule has 0 unspecified atom stereocenters. The molecule has 0 fully saturated rings. The van der Waals surface area contributed by atoms with Crippen molar-refractivity contribution in [2.75, 3.05) is 6.54 Å². The van der Waals surface area contributed by atoms with Gasteiger partial charge in [0.2, 0.25) is 0 Å². The van der Waals surface area contributed by atoms with E-state index in [1.165, 1.54) is 6.33 Å². The highest BCUT2D eigenvalue weighted by molar-refractivity contribution is 7.14. The lowest BCUT2D eigenvalue weighted by atomic mass is 10.3. The van der Waals surface area contributed by atoms with Crippen LogP contribution >= 0.6 is 11.3 Å². The molecule has 0 aliphatic heterocycles. The number of nitrogens with zero attached hydrogens (tertiary/aromatic N) is 4. The van der Waals surface area contributed by atoms with Gasteiger partial charge in [-0.2, -0.15) is 0 Å². The minimum absolute atomic E-state index is 0.684. The molecule has 2 N–H and O–H groups in total. The van der Waals surface area contributed by atoms with Crippen molar-refractivity contribution in [1.82, 2.24) is 20.2 Å². The van der Waals surface area contributed by atoms with E-state index >= 15 is 0 Å². The minimum Gasteiger partial charge on any atom is -0.330 e. The molecule has 2 aromatic rings. The van der Waals surface area contributed by atoms with Gasteiger partial charge in [0.05, 0.1) is 0 Å². The molecule has 15 heavy (non-hydrogen) atoms. The van der Waals surface area contributed by atoms with Crippen LogP contribution in [-0.4, -0.2) is 26.7 Å². The Bertz CT molecular complexity index is 413. The fraction of sp³-hybridized carbons (Fsp3) is 0.333. The maximum absolute atomic E-state index is 5.43. The van der Waals surface area contributed by atoms with Crippen LogP contribution in [0.25, 0.3) is 10.6 Å². The number of aryl methyl sites for hydroxylation is 1. The van der Waals surface area contributed by atoms with Gasteiger partial charge < -0.3 is 5.73 Å². The molecule has 0 atom stereocenters. The van der Waals surface area contributed by atoms with E-state index in [-0.39, 0.29) is 0 Å². The third-order valence-electron chi connectivity index (χ3n) is 1.87. The van der Waals surface area contributed by atoms with Crippen LogP contribution in [0, 0.1) is 0 Å². The zero-order valence-electron chi connectivity index (χ0n) is 8.13. The Hall–Kier alpha value is -1.40. The zero-order chi connectivity index (χ0) is 10.5. The Morgan fingerprint density at radius 3 is 2.73 bits per heavy atom. The molecule has 0 saturated heterocycles. The highest BCUT2D eigenvalue weighted by Crippen LogP contribution is 2.22. The number of hydrogen-bond acceptors (Lipinski definition) is 6. The Morgan fingerprint density at radius 1 is 1.20 bits per heavy atom. The summed E-state index contributed by atoms with van der Waals surface area (Å²) in [5.74, 6) is 0. The van der Waals surface area contributed by atoms with E-state index in [9.17, 15) is 0 Å². The monoisotopic (exact) mass is 221 g/mol. The minimum atomic E-state index is 0.684. The summed E-state index contributed by atoms with van der Waals surface area (Å²) in [6, 6.07) is 0. The number of aromatic nitrogens is 4. The molecule has 2 rings (SSSR count). The molecule has 0 spiro atoms. The molecule has 2 heterocycles. The molecular weight excluding hydrogens is 210 g/mol. The van der Waals surface area contributed by atoms with Crippen LogP contribution in [0.1, 0.15) is 11.4 Å². The average Bonchev–Trinajstić information content (AvgIpc) is 2.76. The predicted octanol–water partition coefficient (Wildman–Crippen LogP) is 0.886. The lowest BCUT2D eigenvalue weighted by Gasteiger charge is -1.91. The molecule has 78 valence electrons. The second-order valence-corrected chi connectivity index (χ2v) is 4.08. The van der Waals surface area contributed by atoms with Crippen molar-refractivity contribution in [2.24, 2.45) is 5.73 Å². The first-order valence-electron chi connectivity index (χ1n) is 4.68. The van der Waals surface area contributed by atoms with Gasteiger partial charge in [-0.05, 0) is 13.0 Å². The largest absolute Gasteiger partial charge is 0.330 e. The quantitative estimate of drug-likeness (QED) is 0.829. The number of rotatable bonds is 4. The Kier molecular flexibility index (Phi) is 3.31. The van der Waals surface area contributed by atoms with Gasteiger partial charge in [0.15, 0.2) is 5.01 Å². The average molecular weight is 221 g/mol. The first-order chi connectivity index (χ1) is 7.40. The predicted molar refractivity (Wildman–Crippen MR) is 58.3 cm³/mol. The third-order valence-corrected chi connectivity index (χ3v) is 2.90. The van der Waals surface area contributed by atoms with Crippen molar-refractivity contribution < 1.29 is 0 Å². The lowest BCUT2D eigenvalue weighted by molar-refractivity contribution is 0.812. The first kappa shape index (κ1) is 10.1. The van der Waals surface area contributed by atoms with E-state index in [1.807, 2.05) is 0 Å². The van der Waals surface area contributed by atoms with Crippen molar-refractivity contribution in [3.63, 3.8) is 0 Å². The molecule has 0 aliphatic rings. The van der Waals surface area contributed by atoms with Crippen LogP contribution in [0.4, 0.5) is 0 Å². The van der Waals surface area contributed by atoms with Gasteiger partial charge in [0, 0.05) is 24.4 Å². The summed E-state index contributed by atoms with van der Waals surface area (Å²) in [7, 11) is 0. The van der Waals surface area contributed by atoms with Gasteiger partial charge in [-0.25, -0.2) is 9.97 Å². The van der Waals surface area contributed by atoms with Crippen LogP contribution in [0.5, 0.6) is 0 Å². The van der Waals surface area contributed by atoms with Crippen LogP contribution < -0.4 is 5.73 Å². The molecule has 2 aromatic heterocycles. The van der Waals surface area contributed by atoms with Crippen molar-refractivity contribution >= 4 is 11.3 Å². The topological polar surface area (TPSA) is 77.6 Å². The van der Waals surface area contributed by atoms with Gasteiger partial charge in [0.1, 0.15) is 11.3 Å². The normalized spacial score (nSPS) is 10.5.